The van der Waals surface area contributed by atoms with Gasteiger partial charge in [-0.3, -0.25) is 19.2 Å². The lowest BCUT2D eigenvalue weighted by Crippen LogP contribution is -2.56. The van der Waals surface area contributed by atoms with Crippen LogP contribution in [0.3, 0.4) is 0 Å². The van der Waals surface area contributed by atoms with Gasteiger partial charge in [-0.05, 0) is 39.2 Å². The van der Waals surface area contributed by atoms with E-state index in [-0.39, 0.29) is 19.3 Å². The molecular weight excluding hydrogens is 402 g/mol. The first-order chi connectivity index (χ1) is 14.0. The van der Waals surface area contributed by atoms with Gasteiger partial charge in [0.2, 0.25) is 17.7 Å². The maximum Gasteiger partial charge on any atom is 0.328 e. The molecule has 0 aliphatic carbocycles. The van der Waals surface area contributed by atoms with Crippen LogP contribution in [0.25, 0.3) is 0 Å². The molecule has 172 valence electrons. The summed E-state index contributed by atoms with van der Waals surface area (Å²) in [5.41, 5.74) is 10.9. The highest BCUT2D eigenvalue weighted by atomic mass is 16.4. The number of hydrogen-bond acceptors (Lipinski definition) is 8. The zero-order valence-corrected chi connectivity index (χ0v) is 16.8. The molecule has 0 aromatic rings. The van der Waals surface area contributed by atoms with Gasteiger partial charge in [-0.2, -0.15) is 0 Å². The first-order valence-electron chi connectivity index (χ1n) is 9.45. The summed E-state index contributed by atoms with van der Waals surface area (Å²) in [6, 6.07) is -3.78. The van der Waals surface area contributed by atoms with Crippen LogP contribution in [0.2, 0.25) is 0 Å². The minimum Gasteiger partial charge on any atom is -0.481 e. The van der Waals surface area contributed by atoms with Crippen LogP contribution < -0.4 is 27.4 Å². The van der Waals surface area contributed by atoms with Crippen molar-refractivity contribution in [1.29, 1.82) is 0 Å². The first-order valence-corrected chi connectivity index (χ1v) is 9.45. The van der Waals surface area contributed by atoms with Gasteiger partial charge in [-0.15, -0.1) is 0 Å². The molecule has 0 bridgehead atoms. The van der Waals surface area contributed by atoms with Crippen molar-refractivity contribution >= 4 is 29.7 Å². The molecular formula is C17H31N5O8. The fourth-order valence-electron chi connectivity index (χ4n) is 2.36. The fraction of sp³-hybridized carbons (Fsp3) is 0.706. The normalized spacial score (nSPS) is 14.7. The van der Waals surface area contributed by atoms with Crippen molar-refractivity contribution in [3.05, 3.63) is 0 Å². The summed E-state index contributed by atoms with van der Waals surface area (Å²) >= 11 is 0. The van der Waals surface area contributed by atoms with Crippen molar-refractivity contribution in [1.82, 2.24) is 16.0 Å². The second kappa shape index (κ2) is 14.3. The minimum atomic E-state index is -1.56. The van der Waals surface area contributed by atoms with Crippen LogP contribution in [0.4, 0.5) is 0 Å². The Bertz CT molecular complexity index is 613. The Labute approximate surface area is 173 Å². The monoisotopic (exact) mass is 433 g/mol. The van der Waals surface area contributed by atoms with Gasteiger partial charge in [0.1, 0.15) is 6.04 Å². The van der Waals surface area contributed by atoms with E-state index < -0.39 is 60.4 Å². The van der Waals surface area contributed by atoms with Crippen molar-refractivity contribution in [2.45, 2.75) is 63.3 Å². The van der Waals surface area contributed by atoms with E-state index in [0.717, 1.165) is 0 Å². The van der Waals surface area contributed by atoms with Gasteiger partial charge in [0, 0.05) is 6.42 Å². The quantitative estimate of drug-likeness (QED) is 0.121. The molecule has 0 saturated heterocycles. The Balaban J connectivity index is 4.84. The Hall–Kier alpha value is -2.77. The number of aliphatic carboxylic acids is 2. The molecule has 10 N–H and O–H groups in total. The largest absolute Gasteiger partial charge is 0.481 e. The molecule has 4 unspecified atom stereocenters. The minimum absolute atomic E-state index is 0.108. The lowest BCUT2D eigenvalue weighted by molar-refractivity contribution is -0.145. The van der Waals surface area contributed by atoms with Crippen molar-refractivity contribution in [2.24, 2.45) is 11.5 Å². The standard InChI is InChI=1S/C17H31N5O8/c1-9(23)14(17(29)30)22-16(28)11(4-2-3-7-18)21-12(24)8-20-15(27)10(19)5-6-13(25)26/h9-11,14,23H,2-8,18-19H2,1H3,(H,20,27)(H,21,24)(H,22,28)(H,25,26)(H,29,30). The maximum absolute atomic E-state index is 12.4. The number of rotatable bonds is 15. The van der Waals surface area contributed by atoms with E-state index in [2.05, 4.69) is 16.0 Å². The second-order valence-corrected chi connectivity index (χ2v) is 6.73. The van der Waals surface area contributed by atoms with Gasteiger partial charge in [-0.25, -0.2) is 4.79 Å². The molecule has 30 heavy (non-hydrogen) atoms. The van der Waals surface area contributed by atoms with Gasteiger partial charge in [0.05, 0.1) is 18.7 Å². The molecule has 0 radical (unpaired) electrons. The molecule has 0 aromatic carbocycles. The number of nitrogens with two attached hydrogens (primary N) is 2. The third kappa shape index (κ3) is 11.3. The fourth-order valence-corrected chi connectivity index (χ4v) is 2.36. The van der Waals surface area contributed by atoms with E-state index in [9.17, 15) is 29.1 Å². The lowest BCUT2D eigenvalue weighted by atomic mass is 10.1. The van der Waals surface area contributed by atoms with Crippen molar-refractivity contribution in [3.63, 3.8) is 0 Å². The molecule has 0 aromatic heterocycles. The highest BCUT2D eigenvalue weighted by Gasteiger charge is 2.29. The SMILES string of the molecule is CC(O)C(NC(=O)C(CCCCN)NC(=O)CNC(=O)C(N)CCC(=O)O)C(=O)O. The summed E-state index contributed by atoms with van der Waals surface area (Å²) in [7, 11) is 0. The number of hydrogen-bond donors (Lipinski definition) is 8. The number of carboxylic acid groups (broad SMARTS) is 2. The Kier molecular flexibility index (Phi) is 12.9. The number of carbonyl (C=O) groups is 5. The van der Waals surface area contributed by atoms with E-state index in [1.54, 1.807) is 0 Å². The summed E-state index contributed by atoms with van der Waals surface area (Å²) in [6.45, 7) is 1.04. The first kappa shape index (κ1) is 27.2. The van der Waals surface area contributed by atoms with Gasteiger partial charge < -0.3 is 42.7 Å². The number of aliphatic hydroxyl groups is 1. The zero-order chi connectivity index (χ0) is 23.3. The number of carboxylic acids is 2. The maximum atomic E-state index is 12.4. The van der Waals surface area contributed by atoms with E-state index in [1.165, 1.54) is 6.92 Å². The Morgan fingerprint density at radius 2 is 1.60 bits per heavy atom. The third-order valence-electron chi connectivity index (χ3n) is 4.07. The summed E-state index contributed by atoms with van der Waals surface area (Å²) in [4.78, 5) is 57.9. The highest BCUT2D eigenvalue weighted by molar-refractivity contribution is 5.92. The van der Waals surface area contributed by atoms with Gasteiger partial charge in [0.15, 0.2) is 6.04 Å². The van der Waals surface area contributed by atoms with Crippen LogP contribution in [0, 0.1) is 0 Å². The Morgan fingerprint density at radius 1 is 0.967 bits per heavy atom. The molecule has 0 rings (SSSR count). The number of aliphatic hydroxyl groups excluding tert-OH is 1. The predicted molar refractivity (Wildman–Crippen MR) is 104 cm³/mol. The van der Waals surface area contributed by atoms with E-state index in [4.69, 9.17) is 21.7 Å². The van der Waals surface area contributed by atoms with Gasteiger partial charge in [0.25, 0.3) is 0 Å². The highest BCUT2D eigenvalue weighted by Crippen LogP contribution is 2.03. The Morgan fingerprint density at radius 3 is 2.10 bits per heavy atom. The zero-order valence-electron chi connectivity index (χ0n) is 16.8. The van der Waals surface area contributed by atoms with Crippen LogP contribution in [-0.2, 0) is 24.0 Å². The summed E-state index contributed by atoms with van der Waals surface area (Å²) in [5, 5.41) is 33.9. The van der Waals surface area contributed by atoms with Crippen molar-refractivity contribution in [3.8, 4) is 0 Å². The van der Waals surface area contributed by atoms with Crippen LogP contribution in [0.5, 0.6) is 0 Å². The van der Waals surface area contributed by atoms with Gasteiger partial charge >= 0.3 is 11.9 Å². The molecule has 0 aliphatic rings. The summed E-state index contributed by atoms with van der Waals surface area (Å²) < 4.78 is 0. The van der Waals surface area contributed by atoms with Crippen LogP contribution in [0.1, 0.15) is 39.0 Å². The van der Waals surface area contributed by atoms with Crippen LogP contribution in [0.15, 0.2) is 0 Å². The lowest BCUT2D eigenvalue weighted by Gasteiger charge is -2.23. The molecule has 0 saturated carbocycles. The molecule has 4 atom stereocenters. The summed E-state index contributed by atoms with van der Waals surface area (Å²) in [6.07, 6.45) is -0.589. The second-order valence-electron chi connectivity index (χ2n) is 6.73. The number of amides is 3. The smallest absolute Gasteiger partial charge is 0.328 e. The third-order valence-corrected chi connectivity index (χ3v) is 4.07. The molecule has 0 aliphatic heterocycles. The molecule has 13 nitrogen and oxygen atoms in total. The summed E-state index contributed by atoms with van der Waals surface area (Å²) in [5.74, 6) is -4.81. The number of nitrogens with one attached hydrogen (secondary N) is 3. The van der Waals surface area contributed by atoms with E-state index in [1.807, 2.05) is 0 Å². The molecule has 0 fully saturated rings. The van der Waals surface area contributed by atoms with E-state index >= 15 is 0 Å². The van der Waals surface area contributed by atoms with Gasteiger partial charge in [-0.1, -0.05) is 0 Å². The average Bonchev–Trinajstić information content (AvgIpc) is 2.66. The molecule has 13 heteroatoms. The topological polar surface area (TPSA) is 234 Å². The van der Waals surface area contributed by atoms with Crippen LogP contribution >= 0.6 is 0 Å². The molecule has 3 amide bonds. The molecule has 0 heterocycles. The van der Waals surface area contributed by atoms with E-state index in [0.29, 0.717) is 19.4 Å². The molecule has 0 spiro atoms. The number of unbranched alkanes of at least 4 members (excludes halogenated alkanes) is 1. The van der Waals surface area contributed by atoms with Crippen molar-refractivity contribution in [2.75, 3.05) is 13.1 Å². The number of carbonyl (C=O) groups excluding carboxylic acids is 3. The predicted octanol–water partition coefficient (Wildman–Crippen LogP) is -3.14. The van der Waals surface area contributed by atoms with Crippen molar-refractivity contribution < 1.29 is 39.3 Å². The average molecular weight is 433 g/mol. The van der Waals surface area contributed by atoms with Crippen LogP contribution in [-0.4, -0.2) is 82.3 Å².